The first-order valence-electron chi connectivity index (χ1n) is 5.84. The molecule has 1 unspecified atom stereocenters. The summed E-state index contributed by atoms with van der Waals surface area (Å²) >= 11 is 12.0. The van der Waals surface area contributed by atoms with Gasteiger partial charge in [0.15, 0.2) is 0 Å². The normalized spacial score (nSPS) is 12.2. The first-order valence-corrected chi connectivity index (χ1v) is 6.60. The topological polar surface area (TPSA) is 12.0 Å². The van der Waals surface area contributed by atoms with Gasteiger partial charge in [0.25, 0.3) is 0 Å². The standard InChI is InChI=1S/C15H15Cl2N/c1-10-3-8-14(9-15(10)17)18-11(2)12-4-6-13(16)7-5-12/h3-9,11,18H,1-2H3. The smallest absolute Gasteiger partial charge is 0.0485 e. The zero-order valence-corrected chi connectivity index (χ0v) is 11.9. The summed E-state index contributed by atoms with van der Waals surface area (Å²) in [5.41, 5.74) is 3.30. The van der Waals surface area contributed by atoms with E-state index in [9.17, 15) is 0 Å². The van der Waals surface area contributed by atoms with Crippen LogP contribution in [0, 0.1) is 6.92 Å². The molecule has 2 rings (SSSR count). The second-order valence-corrected chi connectivity index (χ2v) is 5.23. The van der Waals surface area contributed by atoms with E-state index in [0.717, 1.165) is 21.3 Å². The lowest BCUT2D eigenvalue weighted by Crippen LogP contribution is -2.06. The highest BCUT2D eigenvalue weighted by Crippen LogP contribution is 2.24. The lowest BCUT2D eigenvalue weighted by atomic mass is 10.1. The first kappa shape index (κ1) is 13.3. The molecule has 2 aromatic rings. The fourth-order valence-electron chi connectivity index (χ4n) is 1.77. The van der Waals surface area contributed by atoms with Crippen LogP contribution in [0.3, 0.4) is 0 Å². The molecule has 1 N–H and O–H groups in total. The van der Waals surface area contributed by atoms with Gasteiger partial charge in [0.1, 0.15) is 0 Å². The molecule has 1 nitrogen and oxygen atoms in total. The molecule has 1 atom stereocenters. The maximum absolute atomic E-state index is 6.11. The summed E-state index contributed by atoms with van der Waals surface area (Å²) in [7, 11) is 0. The van der Waals surface area contributed by atoms with E-state index in [2.05, 4.69) is 12.2 Å². The van der Waals surface area contributed by atoms with Crippen molar-refractivity contribution in [3.8, 4) is 0 Å². The molecule has 0 aliphatic heterocycles. The highest BCUT2D eigenvalue weighted by molar-refractivity contribution is 6.31. The molecule has 0 radical (unpaired) electrons. The molecule has 0 fully saturated rings. The number of benzene rings is 2. The van der Waals surface area contributed by atoms with Crippen LogP contribution in [0.1, 0.15) is 24.1 Å². The second-order valence-electron chi connectivity index (χ2n) is 4.38. The molecule has 0 saturated heterocycles. The Balaban J connectivity index is 2.13. The van der Waals surface area contributed by atoms with Gasteiger partial charge in [-0.2, -0.15) is 0 Å². The van der Waals surface area contributed by atoms with Crippen molar-refractivity contribution in [2.24, 2.45) is 0 Å². The van der Waals surface area contributed by atoms with Gasteiger partial charge in [0.05, 0.1) is 0 Å². The number of nitrogens with one attached hydrogen (secondary N) is 1. The van der Waals surface area contributed by atoms with Crippen molar-refractivity contribution in [3.63, 3.8) is 0 Å². The van der Waals surface area contributed by atoms with Crippen LogP contribution >= 0.6 is 23.2 Å². The van der Waals surface area contributed by atoms with Crippen LogP contribution in [0.15, 0.2) is 42.5 Å². The Labute approximate surface area is 118 Å². The van der Waals surface area contributed by atoms with Crippen LogP contribution in [0.25, 0.3) is 0 Å². The molecule has 2 aromatic carbocycles. The molecular weight excluding hydrogens is 265 g/mol. The summed E-state index contributed by atoms with van der Waals surface area (Å²) in [5, 5.41) is 4.95. The highest BCUT2D eigenvalue weighted by Gasteiger charge is 2.06. The predicted octanol–water partition coefficient (Wildman–Crippen LogP) is 5.47. The van der Waals surface area contributed by atoms with E-state index < -0.39 is 0 Å². The zero-order valence-electron chi connectivity index (χ0n) is 10.4. The fourth-order valence-corrected chi connectivity index (χ4v) is 2.07. The van der Waals surface area contributed by atoms with Gasteiger partial charge >= 0.3 is 0 Å². The molecule has 0 aliphatic carbocycles. The number of hydrogen-bond donors (Lipinski definition) is 1. The number of halogens is 2. The summed E-state index contributed by atoms with van der Waals surface area (Å²) in [6, 6.07) is 14.1. The highest BCUT2D eigenvalue weighted by atomic mass is 35.5. The van der Waals surface area contributed by atoms with E-state index in [1.807, 2.05) is 49.4 Å². The molecule has 0 spiro atoms. The molecule has 0 heterocycles. The van der Waals surface area contributed by atoms with Crippen LogP contribution in [0.2, 0.25) is 10.0 Å². The molecule has 94 valence electrons. The Morgan fingerprint density at radius 2 is 1.67 bits per heavy atom. The van der Waals surface area contributed by atoms with Crippen molar-refractivity contribution in [1.82, 2.24) is 0 Å². The van der Waals surface area contributed by atoms with Crippen LogP contribution in [-0.4, -0.2) is 0 Å². The van der Waals surface area contributed by atoms with Gasteiger partial charge in [-0.25, -0.2) is 0 Å². The van der Waals surface area contributed by atoms with E-state index >= 15 is 0 Å². The molecular formula is C15H15Cl2N. The minimum Gasteiger partial charge on any atom is -0.378 e. The molecule has 0 bridgehead atoms. The Hall–Kier alpha value is -1.18. The minimum atomic E-state index is 0.209. The summed E-state index contributed by atoms with van der Waals surface area (Å²) in [6.45, 7) is 4.10. The zero-order chi connectivity index (χ0) is 13.1. The maximum atomic E-state index is 6.11. The van der Waals surface area contributed by atoms with Gasteiger partial charge in [-0.3, -0.25) is 0 Å². The van der Waals surface area contributed by atoms with Crippen molar-refractivity contribution in [2.45, 2.75) is 19.9 Å². The van der Waals surface area contributed by atoms with Gasteiger partial charge in [0.2, 0.25) is 0 Å². The van der Waals surface area contributed by atoms with E-state index in [-0.39, 0.29) is 6.04 Å². The summed E-state index contributed by atoms with van der Waals surface area (Å²) in [4.78, 5) is 0. The molecule has 0 saturated carbocycles. The van der Waals surface area contributed by atoms with Crippen LogP contribution < -0.4 is 5.32 Å². The van der Waals surface area contributed by atoms with E-state index in [4.69, 9.17) is 23.2 Å². The van der Waals surface area contributed by atoms with E-state index in [0.29, 0.717) is 0 Å². The Bertz CT molecular complexity index is 535. The van der Waals surface area contributed by atoms with Crippen molar-refractivity contribution < 1.29 is 0 Å². The number of hydrogen-bond acceptors (Lipinski definition) is 1. The molecule has 18 heavy (non-hydrogen) atoms. The Kier molecular flexibility index (Phi) is 4.15. The van der Waals surface area contributed by atoms with Crippen molar-refractivity contribution in [3.05, 3.63) is 63.6 Å². The minimum absolute atomic E-state index is 0.209. The largest absolute Gasteiger partial charge is 0.378 e. The van der Waals surface area contributed by atoms with Crippen LogP contribution in [0.4, 0.5) is 5.69 Å². The first-order chi connectivity index (χ1) is 8.56. The monoisotopic (exact) mass is 279 g/mol. The average Bonchev–Trinajstić information content (AvgIpc) is 2.34. The average molecular weight is 280 g/mol. The van der Waals surface area contributed by atoms with Crippen molar-refractivity contribution in [1.29, 1.82) is 0 Å². The quantitative estimate of drug-likeness (QED) is 0.785. The fraction of sp³-hybridized carbons (Fsp3) is 0.200. The van der Waals surface area contributed by atoms with Gasteiger partial charge in [-0.1, -0.05) is 41.4 Å². The number of rotatable bonds is 3. The van der Waals surface area contributed by atoms with Crippen molar-refractivity contribution >= 4 is 28.9 Å². The summed E-state index contributed by atoms with van der Waals surface area (Å²) in [6.07, 6.45) is 0. The molecule has 3 heteroatoms. The lowest BCUT2D eigenvalue weighted by molar-refractivity contribution is 0.885. The molecule has 0 aliphatic rings. The van der Waals surface area contributed by atoms with Crippen molar-refractivity contribution in [2.75, 3.05) is 5.32 Å². The van der Waals surface area contributed by atoms with Crippen LogP contribution in [0.5, 0.6) is 0 Å². The van der Waals surface area contributed by atoms with E-state index in [1.165, 1.54) is 5.56 Å². The second kappa shape index (κ2) is 5.64. The van der Waals surface area contributed by atoms with Gasteiger partial charge in [0, 0.05) is 21.8 Å². The maximum Gasteiger partial charge on any atom is 0.0485 e. The third-order valence-corrected chi connectivity index (χ3v) is 3.58. The van der Waals surface area contributed by atoms with Gasteiger partial charge in [-0.15, -0.1) is 0 Å². The Morgan fingerprint density at radius 3 is 2.28 bits per heavy atom. The van der Waals surface area contributed by atoms with Crippen LogP contribution in [-0.2, 0) is 0 Å². The summed E-state index contributed by atoms with van der Waals surface area (Å²) < 4.78 is 0. The third kappa shape index (κ3) is 3.18. The van der Waals surface area contributed by atoms with Gasteiger partial charge in [-0.05, 0) is 49.2 Å². The molecule has 0 amide bonds. The lowest BCUT2D eigenvalue weighted by Gasteiger charge is -2.16. The molecule has 0 aromatic heterocycles. The SMILES string of the molecule is Cc1ccc(NC(C)c2ccc(Cl)cc2)cc1Cl. The number of aryl methyl sites for hydroxylation is 1. The number of anilines is 1. The third-order valence-electron chi connectivity index (χ3n) is 2.93. The van der Waals surface area contributed by atoms with E-state index in [1.54, 1.807) is 0 Å². The summed E-state index contributed by atoms with van der Waals surface area (Å²) in [5.74, 6) is 0. The predicted molar refractivity (Wildman–Crippen MR) is 79.7 cm³/mol. The van der Waals surface area contributed by atoms with Gasteiger partial charge < -0.3 is 5.32 Å². The Morgan fingerprint density at radius 1 is 1.00 bits per heavy atom.